The molecule has 0 atom stereocenters. The van der Waals surface area contributed by atoms with Gasteiger partial charge in [-0.15, -0.1) is 0 Å². The van der Waals surface area contributed by atoms with Crippen molar-refractivity contribution in [1.29, 1.82) is 0 Å². The Labute approximate surface area is 199 Å². The molecule has 6 rings (SSSR count). The highest BCUT2D eigenvalue weighted by atomic mass is 16.3. The fourth-order valence-electron chi connectivity index (χ4n) is 5.10. The Balaban J connectivity index is 1.75. The number of aromatic nitrogens is 3. The van der Waals surface area contributed by atoms with Crippen molar-refractivity contribution in [1.82, 2.24) is 9.55 Å². The van der Waals surface area contributed by atoms with Gasteiger partial charge in [0.25, 0.3) is 5.82 Å². The van der Waals surface area contributed by atoms with Crippen LogP contribution in [0.2, 0.25) is 0 Å². The van der Waals surface area contributed by atoms with E-state index in [0.717, 1.165) is 40.5 Å². The van der Waals surface area contributed by atoms with E-state index in [1.54, 1.807) is 0 Å². The molecule has 0 fully saturated rings. The molecule has 2 heterocycles. The Bertz CT molecular complexity index is 1680. The second-order valence-electron chi connectivity index (χ2n) is 9.51. The van der Waals surface area contributed by atoms with Gasteiger partial charge in [-0.2, -0.15) is 4.57 Å². The van der Waals surface area contributed by atoms with E-state index in [0.29, 0.717) is 5.92 Å². The van der Waals surface area contributed by atoms with Crippen molar-refractivity contribution in [2.45, 2.75) is 27.2 Å². The molecule has 4 heteroatoms. The Hall–Kier alpha value is -3.92. The summed E-state index contributed by atoms with van der Waals surface area (Å²) in [6.45, 7) is 6.55. The number of fused-ring (bicyclic) bond motifs is 3. The van der Waals surface area contributed by atoms with E-state index in [1.165, 1.54) is 27.4 Å². The molecule has 0 spiro atoms. The van der Waals surface area contributed by atoms with Gasteiger partial charge in [0.15, 0.2) is 22.5 Å². The quantitative estimate of drug-likeness (QED) is 0.275. The van der Waals surface area contributed by atoms with Gasteiger partial charge < -0.3 is 4.42 Å². The average molecular weight is 447 g/mol. The third-order valence-electron chi connectivity index (χ3n) is 6.64. The average Bonchev–Trinajstić information content (AvgIpc) is 3.36. The maximum absolute atomic E-state index is 6.20. The number of oxazole rings is 1. The lowest BCUT2D eigenvalue weighted by Crippen LogP contribution is -2.30. The van der Waals surface area contributed by atoms with Crippen molar-refractivity contribution in [3.8, 4) is 17.1 Å². The molecule has 0 aliphatic rings. The molecule has 2 aromatic heterocycles. The molecule has 6 aromatic rings. The zero-order valence-corrected chi connectivity index (χ0v) is 20.0. The van der Waals surface area contributed by atoms with Crippen molar-refractivity contribution in [3.05, 3.63) is 90.3 Å². The Morgan fingerprint density at radius 2 is 1.68 bits per heavy atom. The number of para-hydroxylation sites is 2. The minimum absolute atomic E-state index is 0.482. The molecule has 0 N–H and O–H groups in total. The van der Waals surface area contributed by atoms with Gasteiger partial charge >= 0.3 is 0 Å². The van der Waals surface area contributed by atoms with Gasteiger partial charge in [-0.3, -0.25) is 0 Å². The summed E-state index contributed by atoms with van der Waals surface area (Å²) in [5.41, 5.74) is 7.56. The first-order valence-electron chi connectivity index (χ1n) is 11.9. The van der Waals surface area contributed by atoms with Crippen LogP contribution in [-0.2, 0) is 13.5 Å². The third kappa shape index (κ3) is 3.13. The fourth-order valence-corrected chi connectivity index (χ4v) is 5.10. The van der Waals surface area contributed by atoms with Crippen LogP contribution in [0.25, 0.3) is 50.0 Å². The lowest BCUT2D eigenvalue weighted by atomic mass is 10.0. The molecule has 0 saturated carbocycles. The van der Waals surface area contributed by atoms with Crippen molar-refractivity contribution in [3.63, 3.8) is 0 Å². The molecule has 0 unspecified atom stereocenters. The van der Waals surface area contributed by atoms with Gasteiger partial charge in [0, 0.05) is 11.8 Å². The number of nitrogens with zero attached hydrogens (tertiary/aromatic N) is 3. The highest BCUT2D eigenvalue weighted by Crippen LogP contribution is 2.36. The summed E-state index contributed by atoms with van der Waals surface area (Å²) in [6, 6.07) is 27.9. The van der Waals surface area contributed by atoms with E-state index in [2.05, 4.69) is 116 Å². The van der Waals surface area contributed by atoms with Crippen molar-refractivity contribution < 1.29 is 8.98 Å². The second-order valence-corrected chi connectivity index (χ2v) is 9.51. The van der Waals surface area contributed by atoms with Crippen LogP contribution in [0, 0.1) is 12.8 Å². The molecule has 0 radical (unpaired) electrons. The molecule has 0 amide bonds. The summed E-state index contributed by atoms with van der Waals surface area (Å²) in [7, 11) is 2.15. The normalized spacial score (nSPS) is 11.9. The van der Waals surface area contributed by atoms with E-state index >= 15 is 0 Å². The van der Waals surface area contributed by atoms with E-state index in [1.807, 2.05) is 0 Å². The van der Waals surface area contributed by atoms with Crippen molar-refractivity contribution in [2.75, 3.05) is 0 Å². The summed E-state index contributed by atoms with van der Waals surface area (Å²) in [6.07, 6.45) is 0.825. The molecule has 0 aliphatic carbocycles. The van der Waals surface area contributed by atoms with Crippen LogP contribution < -0.4 is 4.57 Å². The molecular formula is C30H28N3O+. The summed E-state index contributed by atoms with van der Waals surface area (Å²) >= 11 is 0. The highest BCUT2D eigenvalue weighted by molar-refractivity contribution is 5.96. The van der Waals surface area contributed by atoms with E-state index in [9.17, 15) is 0 Å². The predicted molar refractivity (Wildman–Crippen MR) is 138 cm³/mol. The van der Waals surface area contributed by atoms with E-state index in [-0.39, 0.29) is 0 Å². The van der Waals surface area contributed by atoms with E-state index in [4.69, 9.17) is 9.40 Å². The number of aryl methyl sites for hydroxylation is 2. The Morgan fingerprint density at radius 1 is 0.912 bits per heavy atom. The number of hydrogen-bond acceptors (Lipinski definition) is 2. The van der Waals surface area contributed by atoms with Gasteiger partial charge in [0.05, 0.1) is 12.6 Å². The monoisotopic (exact) mass is 446 g/mol. The van der Waals surface area contributed by atoms with Crippen LogP contribution in [0.5, 0.6) is 0 Å². The summed E-state index contributed by atoms with van der Waals surface area (Å²) < 4.78 is 10.9. The number of imidazole rings is 1. The first-order valence-corrected chi connectivity index (χ1v) is 11.9. The molecule has 0 aliphatic heterocycles. The van der Waals surface area contributed by atoms with Crippen molar-refractivity contribution in [2.24, 2.45) is 13.0 Å². The van der Waals surface area contributed by atoms with Crippen LogP contribution in [0.15, 0.2) is 83.3 Å². The Kier molecular flexibility index (Phi) is 4.77. The second kappa shape index (κ2) is 7.84. The maximum atomic E-state index is 6.20. The molecule has 0 saturated heterocycles. The lowest BCUT2D eigenvalue weighted by molar-refractivity contribution is -0.633. The molecule has 168 valence electrons. The highest BCUT2D eigenvalue weighted by Gasteiger charge is 2.30. The topological polar surface area (TPSA) is 34.8 Å². The maximum Gasteiger partial charge on any atom is 0.297 e. The zero-order chi connectivity index (χ0) is 23.4. The number of rotatable bonds is 4. The summed E-state index contributed by atoms with van der Waals surface area (Å²) in [5, 5.41) is 2.44. The van der Waals surface area contributed by atoms with Crippen LogP contribution in [-0.4, -0.2) is 9.55 Å². The summed E-state index contributed by atoms with van der Waals surface area (Å²) in [4.78, 5) is 5.01. The molecule has 4 aromatic carbocycles. The van der Waals surface area contributed by atoms with Crippen LogP contribution in [0.3, 0.4) is 0 Å². The standard InChI is InChI=1S/C30H28N3O/c1-19(2)18-27-31-29-26(34-27)17-16-20(3)28(29)30-32(4)24-13-7-8-14-25(24)33(30)23-15-9-11-21-10-5-6-12-22(21)23/h5-17,19H,18H2,1-4H3/q+1. The molecule has 34 heavy (non-hydrogen) atoms. The first kappa shape index (κ1) is 20.7. The fraction of sp³-hybridized carbons (Fsp3) is 0.200. The predicted octanol–water partition coefficient (Wildman–Crippen LogP) is 6.92. The van der Waals surface area contributed by atoms with Gasteiger partial charge in [-0.1, -0.05) is 68.4 Å². The number of hydrogen-bond donors (Lipinski definition) is 0. The largest absolute Gasteiger partial charge is 0.441 e. The smallest absolute Gasteiger partial charge is 0.297 e. The number of benzene rings is 4. The zero-order valence-electron chi connectivity index (χ0n) is 20.0. The SMILES string of the molecule is Cc1ccc2oc(CC(C)C)nc2c1-c1n(-c2cccc3ccccc23)c2ccccc2[n+]1C. The third-order valence-corrected chi connectivity index (χ3v) is 6.64. The van der Waals surface area contributed by atoms with Gasteiger partial charge in [0.1, 0.15) is 11.2 Å². The van der Waals surface area contributed by atoms with Crippen LogP contribution >= 0.6 is 0 Å². The van der Waals surface area contributed by atoms with Crippen molar-refractivity contribution >= 4 is 32.9 Å². The van der Waals surface area contributed by atoms with Gasteiger partial charge in [0.2, 0.25) is 0 Å². The van der Waals surface area contributed by atoms with Crippen LogP contribution in [0.1, 0.15) is 25.3 Å². The van der Waals surface area contributed by atoms with Crippen LogP contribution in [0.4, 0.5) is 0 Å². The van der Waals surface area contributed by atoms with Gasteiger partial charge in [-0.05, 0) is 48.1 Å². The summed E-state index contributed by atoms with van der Waals surface area (Å²) in [5.74, 6) is 2.38. The first-order chi connectivity index (χ1) is 16.5. The Morgan fingerprint density at radius 3 is 2.53 bits per heavy atom. The molecular weight excluding hydrogens is 418 g/mol. The van der Waals surface area contributed by atoms with Gasteiger partial charge in [-0.25, -0.2) is 9.55 Å². The minimum Gasteiger partial charge on any atom is -0.441 e. The molecule has 4 nitrogen and oxygen atoms in total. The lowest BCUT2D eigenvalue weighted by Gasteiger charge is -2.09. The molecule has 0 bridgehead atoms. The minimum atomic E-state index is 0.482. The van der Waals surface area contributed by atoms with E-state index < -0.39 is 0 Å².